The lowest BCUT2D eigenvalue weighted by molar-refractivity contribution is -0.136. The number of aldehydes is 1. The molecule has 2 heterocycles. The predicted octanol–water partition coefficient (Wildman–Crippen LogP) is 11.1. The van der Waals surface area contributed by atoms with Crippen molar-refractivity contribution in [1.29, 1.82) is 0 Å². The number of hydrogen-bond acceptors (Lipinski definition) is 9. The molecule has 0 bridgehead atoms. The van der Waals surface area contributed by atoms with Crippen LogP contribution in [0.5, 0.6) is 0 Å². The number of aliphatic hydroxyl groups is 1. The highest BCUT2D eigenvalue weighted by molar-refractivity contribution is 6.03. The molecule has 5 unspecified atom stereocenters. The van der Waals surface area contributed by atoms with E-state index in [9.17, 15) is 4.79 Å². The minimum Gasteiger partial charge on any atom is -0.441 e. The highest BCUT2D eigenvalue weighted by Gasteiger charge is 2.26. The van der Waals surface area contributed by atoms with Crippen molar-refractivity contribution < 1.29 is 24.2 Å². The van der Waals surface area contributed by atoms with E-state index in [1.807, 2.05) is 59.1 Å². The number of amidine groups is 1. The molecule has 0 radical (unpaired) electrons. The van der Waals surface area contributed by atoms with Crippen molar-refractivity contribution in [3.05, 3.63) is 95.7 Å². The molecular weight excluding hydrogens is 737 g/mol. The molecule has 328 valence electrons. The van der Waals surface area contributed by atoms with Crippen molar-refractivity contribution in [2.24, 2.45) is 21.8 Å². The van der Waals surface area contributed by atoms with Gasteiger partial charge in [0.1, 0.15) is 6.29 Å². The third-order valence-corrected chi connectivity index (χ3v) is 9.17. The Bertz CT molecular complexity index is 1610. The monoisotopic (exact) mass is 815 g/mol. The molecule has 1 aromatic carbocycles. The number of para-hydroxylation sites is 2. The number of fused-ring (bicyclic) bond motifs is 1. The van der Waals surface area contributed by atoms with Gasteiger partial charge >= 0.3 is 0 Å². The average Bonchev–Trinajstić information content (AvgIpc) is 3.88. The predicted molar refractivity (Wildman–Crippen MR) is 254 cm³/mol. The normalized spacial score (nSPS) is 21.1. The molecule has 0 saturated heterocycles. The number of carbonyl (C=O) groups is 2. The summed E-state index contributed by atoms with van der Waals surface area (Å²) in [7, 11) is 3.91. The van der Waals surface area contributed by atoms with Crippen LogP contribution in [0.2, 0.25) is 0 Å². The average molecular weight is 815 g/mol. The van der Waals surface area contributed by atoms with Crippen LogP contribution in [0.3, 0.4) is 0 Å². The molecule has 0 aromatic heterocycles. The Kier molecular flexibility index (Phi) is 33.6. The summed E-state index contributed by atoms with van der Waals surface area (Å²) in [4.78, 5) is 31.7. The lowest BCUT2D eigenvalue weighted by Crippen LogP contribution is -2.34. The van der Waals surface area contributed by atoms with E-state index >= 15 is 0 Å². The fraction of sp³-hybridized carbons (Fsp3) is 0.520. The maximum Gasteiger partial charge on any atom is 0.295 e. The molecule has 2 aliphatic carbocycles. The van der Waals surface area contributed by atoms with E-state index in [4.69, 9.17) is 24.6 Å². The first-order valence-corrected chi connectivity index (χ1v) is 21.1. The van der Waals surface area contributed by atoms with Gasteiger partial charge in [-0.2, -0.15) is 0 Å². The number of hydrogen-bond donors (Lipinski definition) is 2. The Hall–Kier alpha value is -4.78. The third kappa shape index (κ3) is 22.8. The van der Waals surface area contributed by atoms with Crippen molar-refractivity contribution in [3.8, 4) is 12.3 Å². The van der Waals surface area contributed by atoms with Crippen LogP contribution in [-0.4, -0.2) is 75.1 Å². The first-order valence-electron chi connectivity index (χ1n) is 21.1. The minimum atomic E-state index is -0.524. The number of carbonyl (C=O) groups excluding carboxylic acids is 2. The molecule has 59 heavy (non-hydrogen) atoms. The van der Waals surface area contributed by atoms with Crippen LogP contribution in [-0.2, 0) is 19.1 Å². The quantitative estimate of drug-likeness (QED) is 0.0604. The van der Waals surface area contributed by atoms with E-state index in [2.05, 4.69) is 125 Å². The third-order valence-electron chi connectivity index (χ3n) is 9.17. The maximum atomic E-state index is 10.9. The Morgan fingerprint density at radius 2 is 1.78 bits per heavy atom. The zero-order valence-corrected chi connectivity index (χ0v) is 38.8. The Balaban J connectivity index is 0. The first-order chi connectivity index (χ1) is 28.4. The summed E-state index contributed by atoms with van der Waals surface area (Å²) >= 11 is 0. The molecule has 2 N–H and O–H groups in total. The number of anilines is 1. The number of rotatable bonds is 10. The van der Waals surface area contributed by atoms with Gasteiger partial charge in [0.15, 0.2) is 6.79 Å². The summed E-state index contributed by atoms with van der Waals surface area (Å²) in [6, 6.07) is 8.53. The van der Waals surface area contributed by atoms with E-state index in [0.717, 1.165) is 65.5 Å². The SMILES string of the molecule is C#CC.C/C=C(\C(C=O)=C/C)C1C=CC(C)=CC1.C=C(C)C1NC(CC)=NC1/C=C/C1=Nc2ccccc2N(C)C1.CC.CCC.COC1CCC(C)C1.O=COCO. The van der Waals surface area contributed by atoms with Gasteiger partial charge in [-0.05, 0) is 90.0 Å². The lowest BCUT2D eigenvalue weighted by atomic mass is 9.86. The molecule has 5 atom stereocenters. The second-order valence-corrected chi connectivity index (χ2v) is 14.1. The second-order valence-electron chi connectivity index (χ2n) is 14.1. The molecule has 9 heteroatoms. The fourth-order valence-electron chi connectivity index (χ4n) is 6.27. The van der Waals surface area contributed by atoms with Gasteiger partial charge in [0.05, 0.1) is 47.7 Å². The Labute approximate surface area is 359 Å². The van der Waals surface area contributed by atoms with Crippen LogP contribution >= 0.6 is 0 Å². The van der Waals surface area contributed by atoms with Crippen LogP contribution in [0.25, 0.3) is 0 Å². The fourth-order valence-corrected chi connectivity index (χ4v) is 6.27. The molecule has 0 amide bonds. The molecular formula is C50H78N4O5. The van der Waals surface area contributed by atoms with Gasteiger partial charge in [-0.25, -0.2) is 4.99 Å². The number of aliphatic imine (C=N–C) groups is 2. The van der Waals surface area contributed by atoms with Gasteiger partial charge in [-0.1, -0.05) is 114 Å². The summed E-state index contributed by atoms with van der Waals surface area (Å²) in [5.74, 6) is 4.57. The van der Waals surface area contributed by atoms with Crippen molar-refractivity contribution in [2.75, 3.05) is 32.4 Å². The number of allylic oxidation sites excluding steroid dienone is 8. The number of aliphatic hydroxyl groups excluding tert-OH is 1. The molecule has 0 spiro atoms. The van der Waals surface area contributed by atoms with Crippen LogP contribution in [0.4, 0.5) is 11.4 Å². The van der Waals surface area contributed by atoms with Crippen LogP contribution in [0.15, 0.2) is 106 Å². The first kappa shape index (κ1) is 56.3. The number of nitrogens with one attached hydrogen (secondary N) is 1. The van der Waals surface area contributed by atoms with E-state index in [-0.39, 0.29) is 18.6 Å². The zero-order valence-electron chi connectivity index (χ0n) is 38.8. The molecule has 1 fully saturated rings. The van der Waals surface area contributed by atoms with Crippen molar-refractivity contribution in [1.82, 2.24) is 5.32 Å². The summed E-state index contributed by atoms with van der Waals surface area (Å²) in [5, 5.41) is 11.1. The Morgan fingerprint density at radius 3 is 2.20 bits per heavy atom. The van der Waals surface area contributed by atoms with Gasteiger partial charge in [-0.3, -0.25) is 14.6 Å². The number of benzene rings is 1. The van der Waals surface area contributed by atoms with E-state index < -0.39 is 6.79 Å². The largest absolute Gasteiger partial charge is 0.441 e. The summed E-state index contributed by atoms with van der Waals surface area (Å²) in [6.45, 7) is 26.9. The van der Waals surface area contributed by atoms with Crippen LogP contribution in [0.1, 0.15) is 115 Å². The van der Waals surface area contributed by atoms with Gasteiger partial charge in [0.25, 0.3) is 6.47 Å². The molecule has 2 aliphatic heterocycles. The molecule has 5 rings (SSSR count). The van der Waals surface area contributed by atoms with Gasteiger partial charge in [0.2, 0.25) is 0 Å². The van der Waals surface area contributed by atoms with Gasteiger partial charge in [-0.15, -0.1) is 12.3 Å². The van der Waals surface area contributed by atoms with E-state index in [1.165, 1.54) is 36.9 Å². The topological polar surface area (TPSA) is 113 Å². The molecule has 4 aliphatic rings. The highest BCUT2D eigenvalue weighted by atomic mass is 16.6. The molecule has 1 aromatic rings. The van der Waals surface area contributed by atoms with E-state index in [1.54, 1.807) is 6.92 Å². The summed E-state index contributed by atoms with van der Waals surface area (Å²) in [6.07, 6.45) is 27.9. The van der Waals surface area contributed by atoms with Crippen LogP contribution in [0, 0.1) is 24.2 Å². The maximum absolute atomic E-state index is 10.9. The molecule has 9 nitrogen and oxygen atoms in total. The number of methoxy groups -OCH3 is 1. The van der Waals surface area contributed by atoms with E-state index in [0.29, 0.717) is 12.0 Å². The number of ether oxygens (including phenoxy) is 2. The minimum absolute atomic E-state index is 0.104. The summed E-state index contributed by atoms with van der Waals surface area (Å²) < 4.78 is 8.89. The number of terminal acetylenes is 1. The van der Waals surface area contributed by atoms with Gasteiger partial charge in [0, 0.05) is 32.1 Å². The summed E-state index contributed by atoms with van der Waals surface area (Å²) in [5.41, 5.74) is 7.62. The number of nitrogens with zero attached hydrogens (tertiary/aromatic N) is 3. The molecule has 1 saturated carbocycles. The van der Waals surface area contributed by atoms with Crippen molar-refractivity contribution >= 4 is 35.7 Å². The highest BCUT2D eigenvalue weighted by Crippen LogP contribution is 2.31. The van der Waals surface area contributed by atoms with Gasteiger partial charge < -0.3 is 24.8 Å². The second kappa shape index (κ2) is 35.2. The van der Waals surface area contributed by atoms with Crippen molar-refractivity contribution in [2.45, 2.75) is 133 Å². The lowest BCUT2D eigenvalue weighted by Gasteiger charge is -2.25. The smallest absolute Gasteiger partial charge is 0.295 e. The van der Waals surface area contributed by atoms with Crippen molar-refractivity contribution in [3.63, 3.8) is 0 Å². The van der Waals surface area contributed by atoms with Crippen LogP contribution < -0.4 is 10.2 Å². The Morgan fingerprint density at radius 1 is 1.14 bits per heavy atom. The standard InChI is InChI=1S/C19H24N4.C14H18O.C7H14O.C3H8.C3H4.C2H4O3.C2H6/c1-5-18-21-16(19(22-18)13(2)3)11-10-14-12-23(4)17-9-7-6-8-15(17)20-14;1-4-12(10-15)14(5-2)13-8-6-11(3)7-9-13;1-6-3-4-7(5-6)8-2;2*1-3-2;3-1-5-2-4;1-2/h6-11,16,19H,2,5,12H2,1,3-4H3,(H,21,22);4-8,10,13H,9H2,1-3H3;6-7H,3-5H2,1-2H3;3H2,1-2H3;1H,2H3;1,4H,2H2;1-2H3/b11-10+;12-4-,14-5+;;;;;. The zero-order chi connectivity index (χ0) is 45.2.